The summed E-state index contributed by atoms with van der Waals surface area (Å²) in [6.07, 6.45) is 4.95. The summed E-state index contributed by atoms with van der Waals surface area (Å²) in [5, 5.41) is 3.22. The van der Waals surface area contributed by atoms with Crippen molar-refractivity contribution in [1.29, 1.82) is 0 Å². The average Bonchev–Trinajstić information content (AvgIpc) is 3.04. The molecule has 28 heavy (non-hydrogen) atoms. The molecule has 0 unspecified atom stereocenters. The van der Waals surface area contributed by atoms with Crippen LogP contribution in [0.5, 0.6) is 0 Å². The Kier molecular flexibility index (Phi) is 5.44. The topological polar surface area (TPSA) is 105 Å². The van der Waals surface area contributed by atoms with Crippen LogP contribution in [0.2, 0.25) is 0 Å². The fourth-order valence-corrected chi connectivity index (χ4v) is 3.04. The predicted octanol–water partition coefficient (Wildman–Crippen LogP) is 2.54. The Morgan fingerprint density at radius 2 is 2.04 bits per heavy atom. The Morgan fingerprint density at radius 3 is 2.71 bits per heavy atom. The second-order valence-corrected chi connectivity index (χ2v) is 6.66. The first-order valence-corrected chi connectivity index (χ1v) is 8.88. The highest BCUT2D eigenvalue weighted by Crippen LogP contribution is 2.19. The van der Waals surface area contributed by atoms with E-state index in [0.29, 0.717) is 22.2 Å². The van der Waals surface area contributed by atoms with Crippen LogP contribution >= 0.6 is 0 Å². The molecule has 3 aromatic rings. The third kappa shape index (κ3) is 3.88. The lowest BCUT2D eigenvalue weighted by molar-refractivity contribution is 0.0959. The van der Waals surface area contributed by atoms with Crippen LogP contribution in [0.3, 0.4) is 0 Å². The van der Waals surface area contributed by atoms with Crippen LogP contribution in [0, 0.1) is 6.92 Å². The fourth-order valence-electron chi connectivity index (χ4n) is 3.04. The van der Waals surface area contributed by atoms with Gasteiger partial charge in [0, 0.05) is 43.5 Å². The van der Waals surface area contributed by atoms with Gasteiger partial charge in [-0.3, -0.25) is 14.6 Å². The Balaban J connectivity index is 1.82. The van der Waals surface area contributed by atoms with Gasteiger partial charge in [-0.2, -0.15) is 0 Å². The number of H-pyrrole nitrogens is 1. The number of fused-ring (bicyclic) bond motifs is 1. The van der Waals surface area contributed by atoms with E-state index in [9.17, 15) is 9.59 Å². The number of pyridine rings is 1. The number of hydrogen-bond acceptors (Lipinski definition) is 4. The highest BCUT2D eigenvalue weighted by Gasteiger charge is 2.18. The molecule has 0 saturated heterocycles. The van der Waals surface area contributed by atoms with E-state index in [1.54, 1.807) is 30.1 Å². The van der Waals surface area contributed by atoms with E-state index in [2.05, 4.69) is 15.3 Å². The van der Waals surface area contributed by atoms with Crippen molar-refractivity contribution >= 4 is 28.7 Å². The first kappa shape index (κ1) is 19.2. The van der Waals surface area contributed by atoms with E-state index >= 15 is 0 Å². The van der Waals surface area contributed by atoms with Crippen LogP contribution in [-0.4, -0.2) is 28.2 Å². The van der Waals surface area contributed by atoms with Gasteiger partial charge in [0.2, 0.25) is 0 Å². The molecule has 1 amide bonds. The Hall–Kier alpha value is -3.61. The number of benzene rings is 1. The number of allylic oxidation sites excluding steroid dienone is 1. The van der Waals surface area contributed by atoms with Crippen molar-refractivity contribution in [1.82, 2.24) is 14.9 Å². The summed E-state index contributed by atoms with van der Waals surface area (Å²) in [5.74, 6) is -0.339. The van der Waals surface area contributed by atoms with E-state index in [-0.39, 0.29) is 18.0 Å². The maximum atomic E-state index is 12.8. The molecule has 7 heteroatoms. The van der Waals surface area contributed by atoms with Gasteiger partial charge in [-0.15, -0.1) is 0 Å². The summed E-state index contributed by atoms with van der Waals surface area (Å²) >= 11 is 0. The van der Waals surface area contributed by atoms with E-state index in [1.807, 2.05) is 44.3 Å². The van der Waals surface area contributed by atoms with Gasteiger partial charge in [-0.25, -0.2) is 0 Å². The highest BCUT2D eigenvalue weighted by molar-refractivity contribution is 6.07. The normalized spacial score (nSPS) is 12.4. The van der Waals surface area contributed by atoms with Gasteiger partial charge in [0.15, 0.2) is 0 Å². The minimum Gasteiger partial charge on any atom is -0.402 e. The lowest BCUT2D eigenvalue weighted by Gasteiger charge is -2.07. The van der Waals surface area contributed by atoms with E-state index in [4.69, 9.17) is 5.73 Å². The summed E-state index contributed by atoms with van der Waals surface area (Å²) in [5.41, 5.74) is 9.67. The van der Waals surface area contributed by atoms with E-state index < -0.39 is 0 Å². The first-order valence-electron chi connectivity index (χ1n) is 8.88. The minimum absolute atomic E-state index is 0.206. The molecule has 0 aliphatic carbocycles. The Morgan fingerprint density at radius 1 is 1.32 bits per heavy atom. The minimum atomic E-state index is -0.339. The van der Waals surface area contributed by atoms with E-state index in [1.165, 1.54) is 0 Å². The van der Waals surface area contributed by atoms with Crippen LogP contribution in [0.4, 0.5) is 5.69 Å². The molecule has 0 radical (unpaired) electrons. The number of hydrogen-bond donors (Lipinski definition) is 3. The number of aromatic nitrogens is 2. The molecule has 3 rings (SSSR count). The zero-order valence-electron chi connectivity index (χ0n) is 16.1. The summed E-state index contributed by atoms with van der Waals surface area (Å²) in [4.78, 5) is 32.1. The van der Waals surface area contributed by atoms with Gasteiger partial charge in [-0.1, -0.05) is 18.2 Å². The van der Waals surface area contributed by atoms with Gasteiger partial charge < -0.3 is 20.6 Å². The summed E-state index contributed by atoms with van der Waals surface area (Å²) in [6.45, 7) is 3.85. The quantitative estimate of drug-likeness (QED) is 0.595. The molecular weight excluding hydrogens is 354 g/mol. The largest absolute Gasteiger partial charge is 0.402 e. The molecule has 144 valence electrons. The first-order chi connectivity index (χ1) is 13.4. The molecule has 2 aromatic heterocycles. The van der Waals surface area contributed by atoms with Gasteiger partial charge in [-0.05, 0) is 31.5 Å². The predicted molar refractivity (Wildman–Crippen MR) is 112 cm³/mol. The smallest absolute Gasteiger partial charge is 0.258 e. The van der Waals surface area contributed by atoms with Gasteiger partial charge in [0.1, 0.15) is 0 Å². The highest BCUT2D eigenvalue weighted by atomic mass is 16.2. The number of rotatable bonds is 5. The molecular formula is C21H23N5O2. The number of aryl methyl sites for hydroxylation is 2. The van der Waals surface area contributed by atoms with Gasteiger partial charge in [0.25, 0.3) is 11.5 Å². The number of amides is 1. The number of para-hydroxylation sites is 1. The van der Waals surface area contributed by atoms with Crippen molar-refractivity contribution in [3.8, 4) is 0 Å². The van der Waals surface area contributed by atoms with Crippen molar-refractivity contribution in [2.45, 2.75) is 13.8 Å². The van der Waals surface area contributed by atoms with Gasteiger partial charge >= 0.3 is 0 Å². The van der Waals surface area contributed by atoms with Crippen LogP contribution < -0.4 is 16.6 Å². The van der Waals surface area contributed by atoms with Gasteiger partial charge in [0.05, 0.1) is 22.2 Å². The number of aromatic amines is 1. The van der Waals surface area contributed by atoms with Crippen molar-refractivity contribution in [2.24, 2.45) is 17.8 Å². The lowest BCUT2D eigenvalue weighted by Crippen LogP contribution is -2.27. The van der Waals surface area contributed by atoms with E-state index in [0.717, 1.165) is 16.8 Å². The molecule has 0 fully saturated rings. The molecule has 0 atom stereocenters. The van der Waals surface area contributed by atoms with Crippen LogP contribution in [-0.2, 0) is 7.05 Å². The maximum absolute atomic E-state index is 12.8. The Bertz CT molecular complexity index is 1130. The zero-order chi connectivity index (χ0) is 20.3. The number of carbonyl (C=O) groups is 1. The van der Waals surface area contributed by atoms with Crippen molar-refractivity contribution in [3.05, 3.63) is 75.5 Å². The third-order valence-electron chi connectivity index (χ3n) is 4.52. The lowest BCUT2D eigenvalue weighted by atomic mass is 10.1. The molecule has 0 aliphatic rings. The second kappa shape index (κ2) is 7.96. The molecule has 2 heterocycles. The number of carbonyl (C=O) groups excluding carboxylic acids is 1. The van der Waals surface area contributed by atoms with Crippen LogP contribution in [0.25, 0.3) is 10.9 Å². The van der Waals surface area contributed by atoms with Crippen LogP contribution in [0.15, 0.2) is 63.8 Å². The average molecular weight is 377 g/mol. The summed E-state index contributed by atoms with van der Waals surface area (Å²) < 4.78 is 1.79. The monoisotopic (exact) mass is 377 g/mol. The molecule has 1 aromatic carbocycles. The maximum Gasteiger partial charge on any atom is 0.258 e. The van der Waals surface area contributed by atoms with Crippen molar-refractivity contribution < 1.29 is 4.79 Å². The van der Waals surface area contributed by atoms with Crippen molar-refractivity contribution in [3.63, 3.8) is 0 Å². The zero-order valence-corrected chi connectivity index (χ0v) is 16.1. The number of nitrogens with one attached hydrogen (secondary N) is 2. The van der Waals surface area contributed by atoms with Crippen molar-refractivity contribution in [2.75, 3.05) is 6.54 Å². The number of nitrogens with zero attached hydrogens (tertiary/aromatic N) is 2. The number of nitrogens with two attached hydrogens (primary N) is 1. The summed E-state index contributed by atoms with van der Waals surface area (Å²) in [7, 11) is 1.81. The third-order valence-corrected chi connectivity index (χ3v) is 4.52. The summed E-state index contributed by atoms with van der Waals surface area (Å²) in [6, 6.07) is 9.46. The fraction of sp³-hybridized carbons (Fsp3) is 0.190. The molecule has 7 nitrogen and oxygen atoms in total. The molecule has 4 N–H and O–H groups in total. The molecule has 0 spiro atoms. The molecule has 0 bridgehead atoms. The SMILES string of the molecule is CC(N)=C(C=Nc1ccccc1)CNC(=O)c1cn(C)c2c(C)c[nH]c(=O)c12. The molecule has 0 aliphatic heterocycles. The Labute approximate surface area is 162 Å². The standard InChI is InChI=1S/C21H23N5O2/c1-13-9-24-21(28)18-17(12-26(3)19(13)18)20(27)25-11-15(14(2)22)10-23-16-7-5-4-6-8-16/h4-10,12H,11,22H2,1-3H3,(H,24,28)(H,25,27). The second-order valence-electron chi connectivity index (χ2n) is 6.66. The van der Waals surface area contributed by atoms with Crippen LogP contribution in [0.1, 0.15) is 22.8 Å². The number of aliphatic imine (C=N–C) groups is 1. The molecule has 0 saturated carbocycles.